The van der Waals surface area contributed by atoms with E-state index in [0.29, 0.717) is 31.6 Å². The van der Waals surface area contributed by atoms with Crippen molar-refractivity contribution in [3.05, 3.63) is 70.9 Å². The number of amides is 1. The number of anilines is 1. The van der Waals surface area contributed by atoms with Crippen LogP contribution in [-0.4, -0.2) is 44.8 Å². The zero-order valence-electron chi connectivity index (χ0n) is 17.5. The fraction of sp³-hybridized carbons (Fsp3) is 0.304. The molecule has 1 saturated heterocycles. The molecule has 0 atom stereocenters. The molecule has 7 nitrogen and oxygen atoms in total. The summed E-state index contributed by atoms with van der Waals surface area (Å²) in [5.41, 5.74) is 1.12. The van der Waals surface area contributed by atoms with Crippen molar-refractivity contribution in [3.8, 4) is 6.07 Å². The minimum Gasteiger partial charge on any atom is -0.382 e. The van der Waals surface area contributed by atoms with Gasteiger partial charge in [0.05, 0.1) is 5.69 Å². The van der Waals surface area contributed by atoms with E-state index in [-0.39, 0.29) is 30.5 Å². The molecule has 0 bridgehead atoms. The molecule has 1 aliphatic rings. The third-order valence-corrected chi connectivity index (χ3v) is 6.85. The number of nitrogens with one attached hydrogen (secondary N) is 2. The molecule has 32 heavy (non-hydrogen) atoms. The maximum absolute atomic E-state index is 13.6. The van der Waals surface area contributed by atoms with Gasteiger partial charge >= 0.3 is 0 Å². The van der Waals surface area contributed by atoms with Crippen LogP contribution in [0.4, 0.5) is 10.1 Å². The standard InChI is InChI=1S/C23H25FN4O3S/c24-21-7-4-8-22(20(21)17-25)26-12-13-27-23(29)19-9-14-28(15-10-19)32(30,31)16-11-18-5-2-1-3-6-18/h1-8,11,16,19,26H,9-10,12-15H2,(H,27,29)/b16-11+. The van der Waals surface area contributed by atoms with Crippen molar-refractivity contribution < 1.29 is 17.6 Å². The Morgan fingerprint density at radius 2 is 1.84 bits per heavy atom. The lowest BCUT2D eigenvalue weighted by atomic mass is 9.97. The number of piperidine rings is 1. The van der Waals surface area contributed by atoms with Crippen molar-refractivity contribution in [2.45, 2.75) is 12.8 Å². The summed E-state index contributed by atoms with van der Waals surface area (Å²) in [4.78, 5) is 12.4. The summed E-state index contributed by atoms with van der Waals surface area (Å²) < 4.78 is 40.1. The Bertz CT molecular complexity index is 1110. The minimum absolute atomic E-state index is 0.0614. The van der Waals surface area contributed by atoms with Crippen LogP contribution >= 0.6 is 0 Å². The molecule has 0 aliphatic carbocycles. The normalized spacial score (nSPS) is 15.4. The van der Waals surface area contributed by atoms with Crippen LogP contribution in [0.3, 0.4) is 0 Å². The second kappa shape index (κ2) is 10.9. The zero-order chi connectivity index (χ0) is 23.0. The number of halogens is 1. The van der Waals surface area contributed by atoms with E-state index in [1.54, 1.807) is 12.1 Å². The van der Waals surface area contributed by atoms with E-state index in [0.717, 1.165) is 5.56 Å². The summed E-state index contributed by atoms with van der Waals surface area (Å²) in [6.45, 7) is 1.21. The van der Waals surface area contributed by atoms with Crippen molar-refractivity contribution in [3.63, 3.8) is 0 Å². The van der Waals surface area contributed by atoms with Gasteiger partial charge in [-0.2, -0.15) is 9.57 Å². The molecular formula is C23H25FN4O3S. The van der Waals surface area contributed by atoms with E-state index in [1.165, 1.54) is 21.8 Å². The monoisotopic (exact) mass is 456 g/mol. The summed E-state index contributed by atoms with van der Waals surface area (Å²) >= 11 is 0. The van der Waals surface area contributed by atoms with Crippen molar-refractivity contribution in [2.75, 3.05) is 31.5 Å². The molecule has 0 unspecified atom stereocenters. The molecule has 1 heterocycles. The SMILES string of the molecule is N#Cc1c(F)cccc1NCCNC(=O)C1CCN(S(=O)(=O)/C=C/c2ccccc2)CC1. The quantitative estimate of drug-likeness (QED) is 0.595. The van der Waals surface area contributed by atoms with Gasteiger partial charge in [0, 0.05) is 37.5 Å². The number of nitriles is 1. The highest BCUT2D eigenvalue weighted by atomic mass is 32.2. The average Bonchev–Trinajstić information content (AvgIpc) is 2.81. The fourth-order valence-corrected chi connectivity index (χ4v) is 4.72. The molecule has 1 fully saturated rings. The molecule has 0 saturated carbocycles. The van der Waals surface area contributed by atoms with Gasteiger partial charge in [0.15, 0.2) is 0 Å². The van der Waals surface area contributed by atoms with Gasteiger partial charge in [-0.15, -0.1) is 0 Å². The number of hydrogen-bond donors (Lipinski definition) is 2. The van der Waals surface area contributed by atoms with Crippen LogP contribution in [0.1, 0.15) is 24.0 Å². The van der Waals surface area contributed by atoms with Crippen LogP contribution in [0.25, 0.3) is 6.08 Å². The Balaban J connectivity index is 1.43. The lowest BCUT2D eigenvalue weighted by Crippen LogP contribution is -2.43. The van der Waals surface area contributed by atoms with Gasteiger partial charge in [-0.05, 0) is 36.6 Å². The van der Waals surface area contributed by atoms with E-state index >= 15 is 0 Å². The Labute approximate surface area is 187 Å². The second-order valence-electron chi connectivity index (χ2n) is 7.42. The molecule has 3 rings (SSSR count). The number of carbonyl (C=O) groups is 1. The maximum Gasteiger partial charge on any atom is 0.236 e. The highest BCUT2D eigenvalue weighted by Gasteiger charge is 2.29. The fourth-order valence-electron chi connectivity index (χ4n) is 3.50. The molecule has 9 heteroatoms. The number of carbonyl (C=O) groups excluding carboxylic acids is 1. The molecule has 0 radical (unpaired) electrons. The molecule has 2 aromatic carbocycles. The maximum atomic E-state index is 13.6. The number of hydrogen-bond acceptors (Lipinski definition) is 5. The minimum atomic E-state index is -3.54. The van der Waals surface area contributed by atoms with Crippen molar-refractivity contribution >= 4 is 27.7 Å². The Hall–Kier alpha value is -3.22. The second-order valence-corrected chi connectivity index (χ2v) is 9.24. The summed E-state index contributed by atoms with van der Waals surface area (Å²) in [6, 6.07) is 15.3. The van der Waals surface area contributed by atoms with E-state index in [2.05, 4.69) is 10.6 Å². The molecule has 2 aromatic rings. The number of nitrogens with zero attached hydrogens (tertiary/aromatic N) is 2. The van der Waals surface area contributed by atoms with Gasteiger partial charge in [-0.1, -0.05) is 36.4 Å². The van der Waals surface area contributed by atoms with E-state index < -0.39 is 15.8 Å². The number of rotatable bonds is 8. The molecule has 1 amide bonds. The highest BCUT2D eigenvalue weighted by molar-refractivity contribution is 7.92. The van der Waals surface area contributed by atoms with Gasteiger partial charge < -0.3 is 10.6 Å². The van der Waals surface area contributed by atoms with Gasteiger partial charge in [-0.3, -0.25) is 4.79 Å². The van der Waals surface area contributed by atoms with Crippen LogP contribution in [-0.2, 0) is 14.8 Å². The van der Waals surface area contributed by atoms with Crippen molar-refractivity contribution in [1.29, 1.82) is 5.26 Å². The van der Waals surface area contributed by atoms with Crippen LogP contribution < -0.4 is 10.6 Å². The van der Waals surface area contributed by atoms with E-state index in [1.807, 2.05) is 36.4 Å². The predicted molar refractivity (Wildman–Crippen MR) is 121 cm³/mol. The summed E-state index contributed by atoms with van der Waals surface area (Å²) in [5.74, 6) is -0.992. The zero-order valence-corrected chi connectivity index (χ0v) is 18.3. The van der Waals surface area contributed by atoms with Crippen molar-refractivity contribution in [2.24, 2.45) is 5.92 Å². The lowest BCUT2D eigenvalue weighted by Gasteiger charge is -2.29. The molecule has 1 aliphatic heterocycles. The summed E-state index contributed by atoms with van der Waals surface area (Å²) in [7, 11) is -3.54. The van der Waals surface area contributed by atoms with Crippen LogP contribution in [0.2, 0.25) is 0 Å². The molecule has 0 spiro atoms. The first-order valence-electron chi connectivity index (χ1n) is 10.3. The highest BCUT2D eigenvalue weighted by Crippen LogP contribution is 2.21. The average molecular weight is 457 g/mol. The third-order valence-electron chi connectivity index (χ3n) is 5.28. The molecule has 168 valence electrons. The first kappa shape index (κ1) is 23.4. The topological polar surface area (TPSA) is 102 Å². The Morgan fingerprint density at radius 3 is 2.53 bits per heavy atom. The van der Waals surface area contributed by atoms with E-state index in [9.17, 15) is 17.6 Å². The molecular weight excluding hydrogens is 431 g/mol. The van der Waals surface area contributed by atoms with Gasteiger partial charge in [0.2, 0.25) is 15.9 Å². The molecule has 2 N–H and O–H groups in total. The number of benzene rings is 2. The smallest absolute Gasteiger partial charge is 0.236 e. The van der Waals surface area contributed by atoms with Gasteiger partial charge in [-0.25, -0.2) is 12.8 Å². The first-order chi connectivity index (χ1) is 15.4. The summed E-state index contributed by atoms with van der Waals surface area (Å²) in [6.07, 6.45) is 2.46. The Morgan fingerprint density at radius 1 is 1.12 bits per heavy atom. The van der Waals surface area contributed by atoms with Crippen LogP contribution in [0, 0.1) is 23.1 Å². The van der Waals surface area contributed by atoms with Crippen LogP contribution in [0.15, 0.2) is 53.9 Å². The Kier molecular flexibility index (Phi) is 7.98. The van der Waals surface area contributed by atoms with Crippen LogP contribution in [0.5, 0.6) is 0 Å². The molecule has 0 aromatic heterocycles. The predicted octanol–water partition coefficient (Wildman–Crippen LogP) is 2.94. The van der Waals surface area contributed by atoms with E-state index in [4.69, 9.17) is 5.26 Å². The van der Waals surface area contributed by atoms with Gasteiger partial charge in [0.25, 0.3) is 0 Å². The van der Waals surface area contributed by atoms with Gasteiger partial charge in [0.1, 0.15) is 17.4 Å². The lowest BCUT2D eigenvalue weighted by molar-refractivity contribution is -0.126. The van der Waals surface area contributed by atoms with Crippen molar-refractivity contribution in [1.82, 2.24) is 9.62 Å². The largest absolute Gasteiger partial charge is 0.382 e. The number of sulfonamides is 1. The summed E-state index contributed by atoms with van der Waals surface area (Å²) in [5, 5.41) is 16.0. The third kappa shape index (κ3) is 6.15. The first-order valence-corrected chi connectivity index (χ1v) is 11.8.